The van der Waals surface area contributed by atoms with Gasteiger partial charge in [0.2, 0.25) is 34.8 Å². The van der Waals surface area contributed by atoms with Gasteiger partial charge >= 0.3 is 10.1 Å². The zero-order chi connectivity index (χ0) is 18.4. The molecule has 3 rings (SSSR count). The zero-order valence-corrected chi connectivity index (χ0v) is 12.9. The molecule has 0 aliphatic heterocycles. The smallest absolute Gasteiger partial charge is 0.340 e. The minimum atomic E-state index is -4.87. The summed E-state index contributed by atoms with van der Waals surface area (Å²) in [6.45, 7) is 0. The van der Waals surface area contributed by atoms with Crippen molar-refractivity contribution < 1.29 is 34.6 Å². The van der Waals surface area contributed by atoms with Gasteiger partial charge in [0.15, 0.2) is 0 Å². The Labute approximate surface area is 138 Å². The van der Waals surface area contributed by atoms with Crippen LogP contribution in [0.5, 0.6) is 5.75 Å². The van der Waals surface area contributed by atoms with Gasteiger partial charge in [-0.15, -0.1) is 0 Å². The number of hydrogen-bond acceptors (Lipinski definition) is 3. The van der Waals surface area contributed by atoms with Crippen molar-refractivity contribution in [1.29, 1.82) is 0 Å². The minimum absolute atomic E-state index is 0.161. The number of halogens is 5. The number of rotatable bonds is 3. The van der Waals surface area contributed by atoms with E-state index in [9.17, 15) is 30.4 Å². The maximum Gasteiger partial charge on any atom is 0.340 e. The lowest BCUT2D eigenvalue weighted by molar-refractivity contribution is 0.347. The topological polar surface area (TPSA) is 43.4 Å². The predicted molar refractivity (Wildman–Crippen MR) is 78.0 cm³/mol. The summed E-state index contributed by atoms with van der Waals surface area (Å²) in [5.41, 5.74) is 0. The van der Waals surface area contributed by atoms with Crippen molar-refractivity contribution >= 4 is 20.9 Å². The molecule has 0 fully saturated rings. The summed E-state index contributed by atoms with van der Waals surface area (Å²) in [4.78, 5) is -0.477. The van der Waals surface area contributed by atoms with Crippen LogP contribution in [0, 0.1) is 29.1 Å². The van der Waals surface area contributed by atoms with Crippen LogP contribution in [0.1, 0.15) is 0 Å². The van der Waals surface area contributed by atoms with Gasteiger partial charge < -0.3 is 4.18 Å². The van der Waals surface area contributed by atoms with E-state index in [-0.39, 0.29) is 5.39 Å². The van der Waals surface area contributed by atoms with Gasteiger partial charge in [0.05, 0.1) is 0 Å². The van der Waals surface area contributed by atoms with E-state index in [0.717, 1.165) is 6.07 Å². The fourth-order valence-corrected chi connectivity index (χ4v) is 3.38. The van der Waals surface area contributed by atoms with Crippen molar-refractivity contribution in [1.82, 2.24) is 0 Å². The highest BCUT2D eigenvalue weighted by molar-refractivity contribution is 7.87. The molecule has 0 aliphatic carbocycles. The molecule has 9 heteroatoms. The van der Waals surface area contributed by atoms with Gasteiger partial charge in [-0.1, -0.05) is 36.4 Å². The predicted octanol–water partition coefficient (Wildman–Crippen LogP) is 4.30. The standard InChI is InChI=1S/C16H7F5O3S/c17-11-12(18)14(20)16(15(21)13(11)19)24-25(22,23)10-7-3-5-8-4-1-2-6-9(8)10/h1-7H. The average molecular weight is 374 g/mol. The molecule has 0 aromatic heterocycles. The molecule has 0 atom stereocenters. The van der Waals surface area contributed by atoms with Crippen LogP contribution in [-0.2, 0) is 10.1 Å². The first kappa shape index (κ1) is 17.2. The molecule has 25 heavy (non-hydrogen) atoms. The van der Waals surface area contributed by atoms with Gasteiger partial charge in [0.1, 0.15) is 4.90 Å². The third-order valence-corrected chi connectivity index (χ3v) is 4.66. The Morgan fingerprint density at radius 3 is 1.84 bits per heavy atom. The summed E-state index contributed by atoms with van der Waals surface area (Å²) < 4.78 is 95.6. The van der Waals surface area contributed by atoms with Crippen LogP contribution in [0.4, 0.5) is 22.0 Å². The lowest BCUT2D eigenvalue weighted by Crippen LogP contribution is -2.14. The number of fused-ring (bicyclic) bond motifs is 1. The molecule has 0 spiro atoms. The Balaban J connectivity index is 2.18. The minimum Gasteiger partial charge on any atom is -0.372 e. The van der Waals surface area contributed by atoms with Gasteiger partial charge in [-0.3, -0.25) is 0 Å². The molecule has 0 aliphatic rings. The lowest BCUT2D eigenvalue weighted by atomic mass is 10.1. The summed E-state index contributed by atoms with van der Waals surface area (Å²) in [6, 6.07) is 10.1. The Kier molecular flexibility index (Phi) is 4.11. The van der Waals surface area contributed by atoms with E-state index in [1.54, 1.807) is 18.2 Å². The first-order chi connectivity index (χ1) is 11.7. The van der Waals surface area contributed by atoms with Gasteiger partial charge in [0, 0.05) is 5.39 Å². The molecule has 0 unspecified atom stereocenters. The molecule has 0 bridgehead atoms. The highest BCUT2D eigenvalue weighted by Crippen LogP contribution is 2.32. The van der Waals surface area contributed by atoms with Crippen molar-refractivity contribution in [2.75, 3.05) is 0 Å². The fraction of sp³-hybridized carbons (Fsp3) is 0. The average Bonchev–Trinajstić information content (AvgIpc) is 2.61. The molecule has 0 radical (unpaired) electrons. The van der Waals surface area contributed by atoms with Gasteiger partial charge in [-0.05, 0) is 11.5 Å². The molecular formula is C16H7F5O3S. The Bertz CT molecular complexity index is 1060. The van der Waals surface area contributed by atoms with Crippen molar-refractivity contribution in [3.05, 3.63) is 71.6 Å². The number of benzene rings is 3. The molecular weight excluding hydrogens is 367 g/mol. The second-order valence-corrected chi connectivity index (χ2v) is 6.43. The van der Waals surface area contributed by atoms with Crippen molar-refractivity contribution in [2.24, 2.45) is 0 Å². The Morgan fingerprint density at radius 1 is 0.680 bits per heavy atom. The van der Waals surface area contributed by atoms with E-state index in [1.165, 1.54) is 18.2 Å². The molecule has 0 N–H and O–H groups in total. The first-order valence-electron chi connectivity index (χ1n) is 6.67. The molecule has 0 saturated heterocycles. The van der Waals surface area contributed by atoms with E-state index < -0.39 is 49.8 Å². The van der Waals surface area contributed by atoms with Crippen LogP contribution in [0.2, 0.25) is 0 Å². The second kappa shape index (κ2) is 5.99. The Morgan fingerprint density at radius 2 is 1.20 bits per heavy atom. The SMILES string of the molecule is O=S(=O)(Oc1c(F)c(F)c(F)c(F)c1F)c1cccc2ccccc12. The van der Waals surface area contributed by atoms with Crippen LogP contribution in [0.15, 0.2) is 47.4 Å². The third kappa shape index (κ3) is 2.80. The fourth-order valence-electron chi connectivity index (χ4n) is 2.23. The van der Waals surface area contributed by atoms with Crippen molar-refractivity contribution in [3.8, 4) is 5.75 Å². The molecule has 3 aromatic carbocycles. The monoisotopic (exact) mass is 374 g/mol. The van der Waals surface area contributed by atoms with Crippen LogP contribution in [-0.4, -0.2) is 8.42 Å². The highest BCUT2D eigenvalue weighted by atomic mass is 32.2. The normalized spacial score (nSPS) is 11.7. The summed E-state index contributed by atoms with van der Waals surface area (Å²) in [7, 11) is -4.87. The maximum atomic E-state index is 13.7. The third-order valence-electron chi connectivity index (χ3n) is 3.38. The second-order valence-electron chi connectivity index (χ2n) is 4.91. The van der Waals surface area contributed by atoms with E-state index in [4.69, 9.17) is 0 Å². The van der Waals surface area contributed by atoms with Gasteiger partial charge in [0.25, 0.3) is 0 Å². The van der Waals surface area contributed by atoms with Crippen LogP contribution in [0.3, 0.4) is 0 Å². The molecule has 130 valence electrons. The summed E-state index contributed by atoms with van der Waals surface area (Å²) in [5.74, 6) is -13.7. The van der Waals surface area contributed by atoms with Crippen molar-refractivity contribution in [2.45, 2.75) is 4.90 Å². The summed E-state index contributed by atoms with van der Waals surface area (Å²) in [6.07, 6.45) is 0. The summed E-state index contributed by atoms with van der Waals surface area (Å²) in [5, 5.41) is 0.637. The highest BCUT2D eigenvalue weighted by Gasteiger charge is 2.31. The summed E-state index contributed by atoms with van der Waals surface area (Å²) >= 11 is 0. The zero-order valence-electron chi connectivity index (χ0n) is 12.1. The van der Waals surface area contributed by atoms with Gasteiger partial charge in [-0.2, -0.15) is 17.2 Å². The molecule has 3 nitrogen and oxygen atoms in total. The molecule has 0 amide bonds. The van der Waals surface area contributed by atoms with Crippen LogP contribution < -0.4 is 4.18 Å². The van der Waals surface area contributed by atoms with E-state index >= 15 is 0 Å². The Hall–Kier alpha value is -2.68. The maximum absolute atomic E-state index is 13.7. The molecule has 3 aromatic rings. The quantitative estimate of drug-likeness (QED) is 0.297. The van der Waals surface area contributed by atoms with E-state index in [2.05, 4.69) is 4.18 Å². The van der Waals surface area contributed by atoms with E-state index in [1.807, 2.05) is 0 Å². The van der Waals surface area contributed by atoms with Gasteiger partial charge in [-0.25, -0.2) is 13.2 Å². The van der Waals surface area contributed by atoms with E-state index in [0.29, 0.717) is 5.39 Å². The van der Waals surface area contributed by atoms with Crippen molar-refractivity contribution in [3.63, 3.8) is 0 Å². The lowest BCUT2D eigenvalue weighted by Gasteiger charge is -2.12. The largest absolute Gasteiger partial charge is 0.372 e. The van der Waals surface area contributed by atoms with Crippen LogP contribution >= 0.6 is 0 Å². The first-order valence-corrected chi connectivity index (χ1v) is 8.08. The van der Waals surface area contributed by atoms with Crippen LogP contribution in [0.25, 0.3) is 10.8 Å². The molecule has 0 heterocycles. The number of hydrogen-bond donors (Lipinski definition) is 0. The molecule has 0 saturated carbocycles.